The fourth-order valence-corrected chi connectivity index (χ4v) is 8.13. The summed E-state index contributed by atoms with van der Waals surface area (Å²) >= 11 is 0. The lowest BCUT2D eigenvalue weighted by Gasteiger charge is -2.24. The van der Waals surface area contributed by atoms with Gasteiger partial charge in [0.1, 0.15) is 36.7 Å². The number of imidazole rings is 2. The lowest BCUT2D eigenvalue weighted by Crippen LogP contribution is -2.28. The average molecular weight is 751 g/mol. The topological polar surface area (TPSA) is 78.2 Å². The van der Waals surface area contributed by atoms with Crippen molar-refractivity contribution in [3.05, 3.63) is 84.2 Å². The summed E-state index contributed by atoms with van der Waals surface area (Å²) in [6.45, 7) is 20.8. The SMILES string of the molecule is C[Si](C)(C)CCOCn1c(-c2cccc(F)c2)cnc1C1CCNCC1.C[Si](C)(C)CCOCn1cc(-c2cccc(F)c2)nc1C1CCNCC1. The predicted octanol–water partition coefficient (Wildman–Crippen LogP) is 8.94. The van der Waals surface area contributed by atoms with Crippen molar-refractivity contribution in [2.75, 3.05) is 39.4 Å². The Bertz CT molecular complexity index is 1670. The Morgan fingerprint density at radius 3 is 1.79 bits per heavy atom. The molecule has 0 amide bonds. The van der Waals surface area contributed by atoms with Crippen molar-refractivity contribution in [1.82, 2.24) is 29.7 Å². The highest BCUT2D eigenvalue weighted by Gasteiger charge is 2.24. The molecule has 0 radical (unpaired) electrons. The minimum absolute atomic E-state index is 0.224. The van der Waals surface area contributed by atoms with E-state index in [9.17, 15) is 8.78 Å². The van der Waals surface area contributed by atoms with Crippen molar-refractivity contribution in [3.8, 4) is 22.5 Å². The second kappa shape index (κ2) is 18.8. The van der Waals surface area contributed by atoms with Gasteiger partial charge in [-0.3, -0.25) is 0 Å². The maximum Gasteiger partial charge on any atom is 0.124 e. The van der Waals surface area contributed by atoms with Gasteiger partial charge in [-0.2, -0.15) is 0 Å². The minimum atomic E-state index is -1.12. The first-order valence-electron chi connectivity index (χ1n) is 19.1. The molecule has 4 heterocycles. The van der Waals surface area contributed by atoms with Gasteiger partial charge in [-0.05, 0) is 88.2 Å². The van der Waals surface area contributed by atoms with Crippen LogP contribution in [0.4, 0.5) is 8.78 Å². The molecule has 2 fully saturated rings. The zero-order valence-electron chi connectivity index (χ0n) is 32.2. The van der Waals surface area contributed by atoms with Crippen LogP contribution in [0.3, 0.4) is 0 Å². The maximum absolute atomic E-state index is 13.7. The quantitative estimate of drug-likeness (QED) is 0.0991. The summed E-state index contributed by atoms with van der Waals surface area (Å²) in [5, 5.41) is 6.81. The monoisotopic (exact) mass is 750 g/mol. The smallest absolute Gasteiger partial charge is 0.124 e. The molecule has 0 aliphatic carbocycles. The molecule has 2 N–H and O–H groups in total. The normalized spacial score (nSPS) is 16.2. The van der Waals surface area contributed by atoms with E-state index in [4.69, 9.17) is 19.4 Å². The zero-order valence-corrected chi connectivity index (χ0v) is 34.2. The van der Waals surface area contributed by atoms with Crippen molar-refractivity contribution in [2.24, 2.45) is 0 Å². The second-order valence-electron chi connectivity index (χ2n) is 16.6. The molecule has 2 aliphatic heterocycles. The van der Waals surface area contributed by atoms with Crippen LogP contribution in [0.15, 0.2) is 60.9 Å². The highest BCUT2D eigenvalue weighted by atomic mass is 28.3. The van der Waals surface area contributed by atoms with Crippen LogP contribution < -0.4 is 10.6 Å². The molecule has 12 heteroatoms. The summed E-state index contributed by atoms with van der Waals surface area (Å²) in [4.78, 5) is 9.58. The largest absolute Gasteiger partial charge is 0.361 e. The van der Waals surface area contributed by atoms with Crippen molar-refractivity contribution < 1.29 is 18.3 Å². The van der Waals surface area contributed by atoms with Crippen LogP contribution in [0.25, 0.3) is 22.5 Å². The van der Waals surface area contributed by atoms with Gasteiger partial charge in [0, 0.05) is 58.5 Å². The van der Waals surface area contributed by atoms with E-state index in [1.54, 1.807) is 24.3 Å². The number of rotatable bonds is 14. The van der Waals surface area contributed by atoms with E-state index in [0.717, 1.165) is 111 Å². The van der Waals surface area contributed by atoms with Crippen LogP contribution in [-0.2, 0) is 22.9 Å². The molecule has 2 aromatic heterocycles. The van der Waals surface area contributed by atoms with Crippen molar-refractivity contribution in [2.45, 2.75) is 102 Å². The van der Waals surface area contributed by atoms with Gasteiger partial charge in [-0.1, -0.05) is 63.5 Å². The molecule has 2 aromatic carbocycles. The predicted molar refractivity (Wildman–Crippen MR) is 213 cm³/mol. The van der Waals surface area contributed by atoms with Gasteiger partial charge < -0.3 is 29.2 Å². The van der Waals surface area contributed by atoms with E-state index in [0.29, 0.717) is 25.3 Å². The molecule has 52 heavy (non-hydrogen) atoms. The van der Waals surface area contributed by atoms with Crippen LogP contribution in [0.2, 0.25) is 51.4 Å². The van der Waals surface area contributed by atoms with Crippen LogP contribution in [0, 0.1) is 11.6 Å². The molecule has 2 saturated heterocycles. The van der Waals surface area contributed by atoms with Crippen LogP contribution in [0.5, 0.6) is 0 Å². The molecule has 0 atom stereocenters. The van der Waals surface area contributed by atoms with Gasteiger partial charge in [0.05, 0.1) is 17.6 Å². The fraction of sp³-hybridized carbons (Fsp3) is 0.550. The number of piperidine rings is 2. The lowest BCUT2D eigenvalue weighted by molar-refractivity contribution is 0.0838. The highest BCUT2D eigenvalue weighted by Crippen LogP contribution is 2.31. The summed E-state index contributed by atoms with van der Waals surface area (Å²) in [5.41, 5.74) is 3.44. The lowest BCUT2D eigenvalue weighted by atomic mass is 9.97. The van der Waals surface area contributed by atoms with E-state index in [2.05, 4.69) is 59.0 Å². The van der Waals surface area contributed by atoms with Crippen LogP contribution >= 0.6 is 0 Å². The fourth-order valence-electron chi connectivity index (χ4n) is 6.61. The molecule has 6 rings (SSSR count). The third-order valence-electron chi connectivity index (χ3n) is 9.79. The molecule has 0 spiro atoms. The number of hydrogen-bond donors (Lipinski definition) is 2. The Labute approximate surface area is 311 Å². The average Bonchev–Trinajstić information content (AvgIpc) is 3.74. The molecule has 0 saturated carbocycles. The molecule has 4 aromatic rings. The summed E-state index contributed by atoms with van der Waals surface area (Å²) in [7, 11) is -2.21. The first-order chi connectivity index (χ1) is 24.9. The van der Waals surface area contributed by atoms with Crippen molar-refractivity contribution in [1.29, 1.82) is 0 Å². The van der Waals surface area contributed by atoms with E-state index >= 15 is 0 Å². The molecule has 8 nitrogen and oxygen atoms in total. The Kier molecular flexibility index (Phi) is 14.6. The molecule has 284 valence electrons. The molecular weight excluding hydrogens is 691 g/mol. The third-order valence-corrected chi connectivity index (χ3v) is 13.2. The number of aromatic nitrogens is 4. The summed E-state index contributed by atoms with van der Waals surface area (Å²) in [6.07, 6.45) is 8.20. The number of ether oxygens (including phenoxy) is 2. The highest BCUT2D eigenvalue weighted by molar-refractivity contribution is 6.76. The number of halogens is 2. The zero-order chi connectivity index (χ0) is 37.1. The first kappa shape index (κ1) is 40.2. The van der Waals surface area contributed by atoms with E-state index in [-0.39, 0.29) is 11.6 Å². The van der Waals surface area contributed by atoms with Gasteiger partial charge in [0.15, 0.2) is 0 Å². The molecule has 2 aliphatic rings. The van der Waals surface area contributed by atoms with Gasteiger partial charge in [-0.25, -0.2) is 18.7 Å². The van der Waals surface area contributed by atoms with Gasteiger partial charge >= 0.3 is 0 Å². The summed E-state index contributed by atoms with van der Waals surface area (Å²) in [5.74, 6) is 2.54. The standard InChI is InChI=1S/2C20H30FN3OSi/c1-26(2,3)12-11-25-15-24-14-19(17-5-4-6-18(21)13-17)23-20(24)16-7-9-22-10-8-16;1-26(2,3)12-11-25-15-24-19(17-5-4-6-18(21)13-17)14-23-20(24)16-7-9-22-10-8-16/h2*4-6,13-14,16,22H,7-12,15H2,1-3H3. The van der Waals surface area contributed by atoms with E-state index in [1.165, 1.54) is 12.1 Å². The molecule has 0 bridgehead atoms. The Balaban J connectivity index is 0.000000201. The number of nitrogens with zero attached hydrogens (tertiary/aromatic N) is 4. The van der Waals surface area contributed by atoms with Crippen LogP contribution in [0.1, 0.15) is 49.2 Å². The number of hydrogen-bond acceptors (Lipinski definition) is 6. The number of nitrogens with one attached hydrogen (secondary N) is 2. The Morgan fingerprint density at radius 2 is 1.23 bits per heavy atom. The summed E-state index contributed by atoms with van der Waals surface area (Å²) in [6, 6.07) is 15.7. The van der Waals surface area contributed by atoms with E-state index in [1.807, 2.05) is 24.5 Å². The van der Waals surface area contributed by atoms with Crippen molar-refractivity contribution in [3.63, 3.8) is 0 Å². The van der Waals surface area contributed by atoms with E-state index < -0.39 is 16.1 Å². The summed E-state index contributed by atoms with van der Waals surface area (Å²) < 4.78 is 43.6. The molecule has 0 unspecified atom stereocenters. The van der Waals surface area contributed by atoms with Crippen molar-refractivity contribution >= 4 is 16.1 Å². The third kappa shape index (κ3) is 12.3. The first-order valence-corrected chi connectivity index (χ1v) is 26.5. The van der Waals surface area contributed by atoms with Gasteiger partial charge in [0.25, 0.3) is 0 Å². The van der Waals surface area contributed by atoms with Gasteiger partial charge in [-0.15, -0.1) is 0 Å². The Hall–Kier alpha value is -3.01. The maximum atomic E-state index is 13.7. The minimum Gasteiger partial charge on any atom is -0.361 e. The van der Waals surface area contributed by atoms with Gasteiger partial charge in [0.2, 0.25) is 0 Å². The Morgan fingerprint density at radius 1 is 0.712 bits per heavy atom. The van der Waals surface area contributed by atoms with Crippen LogP contribution in [-0.4, -0.2) is 74.6 Å². The molecular formula is C40H60F2N6O2Si2. The second-order valence-corrected chi connectivity index (χ2v) is 27.9. The number of benzene rings is 2.